The van der Waals surface area contributed by atoms with Gasteiger partial charge in [0.15, 0.2) is 0 Å². The van der Waals surface area contributed by atoms with Crippen LogP contribution in [-0.4, -0.2) is 66.0 Å². The number of hydrogen-bond donors (Lipinski definition) is 1. The molecule has 0 radical (unpaired) electrons. The first-order valence-electron chi connectivity index (χ1n) is 19.2. The fourth-order valence-electron chi connectivity index (χ4n) is 7.60. The molecule has 5 aromatic carbocycles. The minimum absolute atomic E-state index is 0.231. The molecule has 8 rings (SSSR count). The van der Waals surface area contributed by atoms with E-state index in [0.717, 1.165) is 39.2 Å². The van der Waals surface area contributed by atoms with Crippen molar-refractivity contribution >= 4 is 22.9 Å². The van der Waals surface area contributed by atoms with Gasteiger partial charge in [0.2, 0.25) is 5.82 Å². The van der Waals surface area contributed by atoms with Crippen molar-refractivity contribution in [3.63, 3.8) is 0 Å². The Morgan fingerprint density at radius 3 is 2.00 bits per heavy atom. The molecule has 0 spiro atoms. The molecule has 0 atom stereocenters. The summed E-state index contributed by atoms with van der Waals surface area (Å²) in [5, 5.41) is 16.5. The van der Waals surface area contributed by atoms with E-state index in [4.69, 9.17) is 24.8 Å². The minimum Gasteiger partial charge on any atom is -0.465 e. The lowest BCUT2D eigenvalue weighted by atomic mass is 9.77. The molecular weight excluding hydrogens is 729 g/mol. The van der Waals surface area contributed by atoms with Crippen molar-refractivity contribution in [1.82, 2.24) is 39.6 Å². The molecule has 1 amide bonds. The summed E-state index contributed by atoms with van der Waals surface area (Å²) >= 11 is 0. The normalized spacial score (nSPS) is 11.4. The standard InChI is InChI=1S/C46H42N8O4/c1-4-57-41(55)29-47-44(56)38-22-15-23-39-42(38)53(45(48-39)58-5-2)31-33-24-26-37(27-25-33)52-30-32(3)28-40(52)43-49-50-51-54(43)46(34-16-9-6-10-17-34,35-18-11-7-12-19-35)36-20-13-8-14-21-36/h6-28,30H,4-5,29,31H2,1-3H3,(H,47,56). The number of imidazole rings is 1. The number of tetrazole rings is 1. The van der Waals surface area contributed by atoms with E-state index in [2.05, 4.69) is 82.8 Å². The highest BCUT2D eigenvalue weighted by Gasteiger charge is 2.42. The molecule has 3 heterocycles. The molecule has 3 aromatic heterocycles. The molecule has 0 unspecified atom stereocenters. The summed E-state index contributed by atoms with van der Waals surface area (Å²) in [5.41, 5.74) is 7.43. The lowest BCUT2D eigenvalue weighted by Crippen LogP contribution is -2.39. The minimum atomic E-state index is -0.907. The third kappa shape index (κ3) is 7.00. The van der Waals surface area contributed by atoms with Gasteiger partial charge in [0.25, 0.3) is 11.9 Å². The van der Waals surface area contributed by atoms with E-state index in [-0.39, 0.29) is 13.2 Å². The van der Waals surface area contributed by atoms with Crippen molar-refractivity contribution in [2.24, 2.45) is 0 Å². The fraction of sp³-hybridized carbons (Fsp3) is 0.174. The Hall–Kier alpha value is -7.34. The molecule has 0 aliphatic carbocycles. The Bertz CT molecular complexity index is 2570. The summed E-state index contributed by atoms with van der Waals surface area (Å²) in [5.74, 6) is -0.326. The highest BCUT2D eigenvalue weighted by molar-refractivity contribution is 6.06. The number of carbonyl (C=O) groups excluding carboxylic acids is 2. The molecule has 0 fully saturated rings. The molecular formula is C46H42N8O4. The molecule has 0 aliphatic rings. The second kappa shape index (κ2) is 16.4. The first-order chi connectivity index (χ1) is 28.4. The van der Waals surface area contributed by atoms with Crippen LogP contribution in [0.2, 0.25) is 0 Å². The zero-order chi connectivity index (χ0) is 40.1. The van der Waals surface area contributed by atoms with Gasteiger partial charge in [0.05, 0.1) is 42.0 Å². The lowest BCUT2D eigenvalue weighted by molar-refractivity contribution is -0.141. The maximum atomic E-state index is 13.4. The number of ether oxygens (including phenoxy) is 2. The van der Waals surface area contributed by atoms with Crippen molar-refractivity contribution in [2.75, 3.05) is 19.8 Å². The van der Waals surface area contributed by atoms with E-state index in [1.165, 1.54) is 0 Å². The van der Waals surface area contributed by atoms with Crippen molar-refractivity contribution < 1.29 is 19.1 Å². The number of hydrogen-bond acceptors (Lipinski definition) is 8. The van der Waals surface area contributed by atoms with Gasteiger partial charge in [-0.25, -0.2) is 4.68 Å². The second-order valence-corrected chi connectivity index (χ2v) is 13.7. The van der Waals surface area contributed by atoms with Crippen LogP contribution in [-0.2, 0) is 21.6 Å². The van der Waals surface area contributed by atoms with E-state index in [1.807, 2.05) is 89.0 Å². The summed E-state index contributed by atoms with van der Waals surface area (Å²) in [4.78, 5) is 30.1. The zero-order valence-corrected chi connectivity index (χ0v) is 32.4. The van der Waals surface area contributed by atoms with Crippen molar-refractivity contribution in [3.05, 3.63) is 179 Å². The number of aromatic nitrogens is 7. The van der Waals surface area contributed by atoms with Gasteiger partial charge in [-0.3, -0.25) is 14.2 Å². The predicted octanol–water partition coefficient (Wildman–Crippen LogP) is 7.37. The SMILES string of the molecule is CCOC(=O)CNC(=O)c1cccc2nc(OCC)n(Cc3ccc(-n4cc(C)cc4-c4nnnn4C(c4ccccc4)(c4ccccc4)c4ccccc4)cc3)c12. The van der Waals surface area contributed by atoms with Crippen LogP contribution in [0.1, 0.15) is 52.0 Å². The topological polar surface area (TPSA) is 131 Å². The van der Waals surface area contributed by atoms with Crippen molar-refractivity contribution in [1.29, 1.82) is 0 Å². The third-order valence-corrected chi connectivity index (χ3v) is 10.1. The maximum absolute atomic E-state index is 13.4. The number of nitrogens with one attached hydrogen (secondary N) is 1. The number of amides is 1. The average Bonchev–Trinajstić information content (AvgIpc) is 3.99. The van der Waals surface area contributed by atoms with Gasteiger partial charge < -0.3 is 19.4 Å². The Labute approximate surface area is 335 Å². The van der Waals surface area contributed by atoms with Gasteiger partial charge >= 0.3 is 5.97 Å². The maximum Gasteiger partial charge on any atom is 0.325 e. The highest BCUT2D eigenvalue weighted by atomic mass is 16.5. The number of benzene rings is 5. The van der Waals surface area contributed by atoms with E-state index in [9.17, 15) is 9.59 Å². The summed E-state index contributed by atoms with van der Waals surface area (Å²) < 4.78 is 16.9. The van der Waals surface area contributed by atoms with Gasteiger partial charge in [0, 0.05) is 11.9 Å². The lowest BCUT2D eigenvalue weighted by Gasteiger charge is -2.36. The molecule has 1 N–H and O–H groups in total. The summed E-state index contributed by atoms with van der Waals surface area (Å²) in [6.07, 6.45) is 2.08. The Morgan fingerprint density at radius 2 is 1.40 bits per heavy atom. The van der Waals surface area contributed by atoms with E-state index in [0.29, 0.717) is 41.6 Å². The smallest absolute Gasteiger partial charge is 0.325 e. The first-order valence-corrected chi connectivity index (χ1v) is 19.2. The molecule has 290 valence electrons. The number of fused-ring (bicyclic) bond motifs is 1. The summed E-state index contributed by atoms with van der Waals surface area (Å²) in [6, 6.07) is 47.0. The van der Waals surface area contributed by atoms with Gasteiger partial charge in [-0.05, 0) is 89.3 Å². The van der Waals surface area contributed by atoms with Crippen LogP contribution in [0.15, 0.2) is 146 Å². The Balaban J connectivity index is 1.18. The molecule has 12 nitrogen and oxygen atoms in total. The van der Waals surface area contributed by atoms with Gasteiger partial charge in [-0.1, -0.05) is 109 Å². The van der Waals surface area contributed by atoms with Crippen molar-refractivity contribution in [3.8, 4) is 23.2 Å². The number of para-hydroxylation sites is 1. The van der Waals surface area contributed by atoms with Crippen LogP contribution in [0.3, 0.4) is 0 Å². The quantitative estimate of drug-likeness (QED) is 0.0897. The van der Waals surface area contributed by atoms with Gasteiger partial charge in [0.1, 0.15) is 12.1 Å². The second-order valence-electron chi connectivity index (χ2n) is 13.7. The summed E-state index contributed by atoms with van der Waals surface area (Å²) in [7, 11) is 0. The molecule has 12 heteroatoms. The third-order valence-electron chi connectivity index (χ3n) is 10.1. The molecule has 0 aliphatic heterocycles. The van der Waals surface area contributed by atoms with E-state index < -0.39 is 17.4 Å². The molecule has 0 saturated carbocycles. The first kappa shape index (κ1) is 37.6. The zero-order valence-electron chi connectivity index (χ0n) is 32.4. The van der Waals surface area contributed by atoms with Gasteiger partial charge in [-0.15, -0.1) is 5.10 Å². The largest absolute Gasteiger partial charge is 0.465 e. The highest BCUT2D eigenvalue weighted by Crippen LogP contribution is 2.42. The molecule has 0 saturated heterocycles. The number of nitrogens with zero attached hydrogens (tertiary/aromatic N) is 7. The molecule has 58 heavy (non-hydrogen) atoms. The van der Waals surface area contributed by atoms with Gasteiger partial charge in [-0.2, -0.15) is 4.98 Å². The van der Waals surface area contributed by atoms with E-state index in [1.54, 1.807) is 19.1 Å². The van der Waals surface area contributed by atoms with Crippen LogP contribution in [0.25, 0.3) is 28.2 Å². The van der Waals surface area contributed by atoms with Crippen LogP contribution in [0.5, 0.6) is 6.01 Å². The number of carbonyl (C=O) groups is 2. The molecule has 0 bridgehead atoms. The van der Waals surface area contributed by atoms with Crippen LogP contribution in [0.4, 0.5) is 0 Å². The monoisotopic (exact) mass is 770 g/mol. The van der Waals surface area contributed by atoms with Crippen LogP contribution in [0, 0.1) is 6.92 Å². The van der Waals surface area contributed by atoms with E-state index >= 15 is 0 Å². The molecule has 8 aromatic rings. The Morgan fingerprint density at radius 1 is 0.759 bits per heavy atom. The van der Waals surface area contributed by atoms with Crippen LogP contribution >= 0.6 is 0 Å². The number of esters is 1. The average molecular weight is 771 g/mol. The predicted molar refractivity (Wildman–Crippen MR) is 221 cm³/mol. The number of rotatable bonds is 14. The van der Waals surface area contributed by atoms with Crippen molar-refractivity contribution in [2.45, 2.75) is 32.9 Å². The summed E-state index contributed by atoms with van der Waals surface area (Å²) in [6.45, 7) is 6.42. The van der Waals surface area contributed by atoms with Crippen LogP contribution < -0.4 is 10.1 Å². The fourth-order valence-corrected chi connectivity index (χ4v) is 7.60. The number of aryl methyl sites for hydroxylation is 1. The Kier molecular flexibility index (Phi) is 10.6.